The zero-order valence-electron chi connectivity index (χ0n) is 11.0. The van der Waals surface area contributed by atoms with Gasteiger partial charge in [0.25, 0.3) is 0 Å². The number of aromatic nitrogens is 1. The Bertz CT molecular complexity index is 465. The molecule has 0 saturated carbocycles. The van der Waals surface area contributed by atoms with E-state index < -0.39 is 0 Å². The van der Waals surface area contributed by atoms with Gasteiger partial charge in [0.15, 0.2) is 0 Å². The van der Waals surface area contributed by atoms with E-state index in [-0.39, 0.29) is 12.5 Å². The van der Waals surface area contributed by atoms with Crippen molar-refractivity contribution in [1.82, 2.24) is 10.3 Å². The maximum absolute atomic E-state index is 11.6. The summed E-state index contributed by atoms with van der Waals surface area (Å²) in [4.78, 5) is 17.5. The highest BCUT2D eigenvalue weighted by Crippen LogP contribution is 2.18. The number of hydrogen-bond acceptors (Lipinski definition) is 4. The van der Waals surface area contributed by atoms with Crippen LogP contribution in [0, 0.1) is 18.3 Å². The lowest BCUT2D eigenvalue weighted by molar-refractivity contribution is -0.119. The van der Waals surface area contributed by atoms with Crippen LogP contribution in [-0.2, 0) is 4.79 Å². The van der Waals surface area contributed by atoms with Crippen molar-refractivity contribution in [2.24, 2.45) is 0 Å². The number of nitriles is 1. The molecule has 5 heteroatoms. The van der Waals surface area contributed by atoms with Crippen LogP contribution in [0.3, 0.4) is 0 Å². The fourth-order valence-electron chi connectivity index (χ4n) is 1.58. The summed E-state index contributed by atoms with van der Waals surface area (Å²) >= 11 is 0. The van der Waals surface area contributed by atoms with Crippen LogP contribution in [0.4, 0.5) is 5.82 Å². The van der Waals surface area contributed by atoms with Crippen molar-refractivity contribution < 1.29 is 4.79 Å². The van der Waals surface area contributed by atoms with E-state index >= 15 is 0 Å². The molecule has 0 aromatic carbocycles. The Morgan fingerprint density at radius 1 is 1.61 bits per heavy atom. The molecule has 0 unspecified atom stereocenters. The number of hydrogen-bond donors (Lipinski definition) is 1. The van der Waals surface area contributed by atoms with Gasteiger partial charge in [-0.3, -0.25) is 4.79 Å². The Hall–Kier alpha value is -2.09. The highest BCUT2D eigenvalue weighted by molar-refractivity contribution is 5.81. The summed E-state index contributed by atoms with van der Waals surface area (Å²) in [6.07, 6.45) is 2.55. The molecule has 0 bridgehead atoms. The zero-order chi connectivity index (χ0) is 13.5. The van der Waals surface area contributed by atoms with Gasteiger partial charge in [0.05, 0.1) is 12.1 Å². The number of nitrogens with zero attached hydrogens (tertiary/aromatic N) is 3. The summed E-state index contributed by atoms with van der Waals surface area (Å²) in [5.41, 5.74) is 1.38. The van der Waals surface area contributed by atoms with Crippen LogP contribution < -0.4 is 10.2 Å². The molecule has 18 heavy (non-hydrogen) atoms. The first-order valence-electron chi connectivity index (χ1n) is 5.93. The van der Waals surface area contributed by atoms with Crippen molar-refractivity contribution in [3.8, 4) is 6.07 Å². The van der Waals surface area contributed by atoms with Crippen molar-refractivity contribution in [3.63, 3.8) is 0 Å². The molecule has 0 spiro atoms. The average Bonchev–Trinajstić information content (AvgIpc) is 2.35. The Morgan fingerprint density at radius 2 is 2.33 bits per heavy atom. The normalized spacial score (nSPS) is 9.67. The van der Waals surface area contributed by atoms with E-state index in [1.807, 2.05) is 13.8 Å². The molecule has 1 aromatic rings. The van der Waals surface area contributed by atoms with E-state index in [1.54, 1.807) is 24.2 Å². The van der Waals surface area contributed by atoms with Crippen LogP contribution in [0.5, 0.6) is 0 Å². The number of rotatable bonds is 5. The minimum absolute atomic E-state index is 0.0634. The van der Waals surface area contributed by atoms with Crippen LogP contribution >= 0.6 is 0 Å². The first-order chi connectivity index (χ1) is 8.60. The number of anilines is 1. The van der Waals surface area contributed by atoms with Gasteiger partial charge in [-0.05, 0) is 25.0 Å². The molecule has 1 N–H and O–H groups in total. The average molecular weight is 246 g/mol. The van der Waals surface area contributed by atoms with Gasteiger partial charge in [0.1, 0.15) is 11.9 Å². The number of pyridine rings is 1. The van der Waals surface area contributed by atoms with Gasteiger partial charge in [-0.15, -0.1) is 0 Å². The quantitative estimate of drug-likeness (QED) is 0.848. The van der Waals surface area contributed by atoms with Crippen LogP contribution in [-0.4, -0.2) is 31.0 Å². The fraction of sp³-hybridized carbons (Fsp3) is 0.462. The van der Waals surface area contributed by atoms with E-state index in [0.29, 0.717) is 17.9 Å². The van der Waals surface area contributed by atoms with E-state index in [1.165, 1.54) is 0 Å². The topological polar surface area (TPSA) is 69.0 Å². The Labute approximate surface area is 107 Å². The summed E-state index contributed by atoms with van der Waals surface area (Å²) in [5, 5.41) is 11.9. The van der Waals surface area contributed by atoms with Crippen molar-refractivity contribution in [3.05, 3.63) is 23.4 Å². The van der Waals surface area contributed by atoms with Gasteiger partial charge < -0.3 is 10.2 Å². The van der Waals surface area contributed by atoms with Gasteiger partial charge in [-0.25, -0.2) is 4.98 Å². The predicted octanol–water partition coefficient (Wildman–Crippen LogP) is 1.22. The minimum atomic E-state index is -0.0634. The molecule has 0 aliphatic heterocycles. The maximum atomic E-state index is 11.6. The second-order valence-electron chi connectivity index (χ2n) is 4.14. The Kier molecular flexibility index (Phi) is 5.12. The second-order valence-corrected chi connectivity index (χ2v) is 4.14. The van der Waals surface area contributed by atoms with Gasteiger partial charge in [-0.2, -0.15) is 5.26 Å². The molecule has 96 valence electrons. The van der Waals surface area contributed by atoms with Gasteiger partial charge >= 0.3 is 0 Å². The summed E-state index contributed by atoms with van der Waals surface area (Å²) in [6, 6.07) is 3.91. The molecule has 1 heterocycles. The standard InChI is InChI=1S/C13H18N4O/c1-4-6-15-12(18)9-17(3)13-11(8-14)10(2)5-7-16-13/h5,7H,4,6,9H2,1-3H3,(H,15,18). The molecule has 0 saturated heterocycles. The summed E-state index contributed by atoms with van der Waals surface area (Å²) in [7, 11) is 1.76. The third-order valence-corrected chi connectivity index (χ3v) is 2.57. The van der Waals surface area contributed by atoms with Crippen molar-refractivity contribution >= 4 is 11.7 Å². The summed E-state index contributed by atoms with van der Waals surface area (Å²) in [5.74, 6) is 0.482. The molecule has 0 fully saturated rings. The second kappa shape index (κ2) is 6.60. The van der Waals surface area contributed by atoms with Crippen molar-refractivity contribution in [2.45, 2.75) is 20.3 Å². The van der Waals surface area contributed by atoms with E-state index in [9.17, 15) is 4.79 Å². The van der Waals surface area contributed by atoms with Crippen LogP contribution in [0.2, 0.25) is 0 Å². The SMILES string of the molecule is CCCNC(=O)CN(C)c1nccc(C)c1C#N. The Morgan fingerprint density at radius 3 is 2.94 bits per heavy atom. The lowest BCUT2D eigenvalue weighted by Crippen LogP contribution is -2.36. The summed E-state index contributed by atoms with van der Waals surface area (Å²) < 4.78 is 0. The van der Waals surface area contributed by atoms with Gasteiger partial charge in [-0.1, -0.05) is 6.92 Å². The van der Waals surface area contributed by atoms with Crippen molar-refractivity contribution in [1.29, 1.82) is 5.26 Å². The predicted molar refractivity (Wildman–Crippen MR) is 70.3 cm³/mol. The molecule has 1 rings (SSSR count). The summed E-state index contributed by atoms with van der Waals surface area (Å²) in [6.45, 7) is 4.72. The molecule has 1 amide bonds. The third-order valence-electron chi connectivity index (χ3n) is 2.57. The van der Waals surface area contributed by atoms with Crippen LogP contribution in [0.25, 0.3) is 0 Å². The first kappa shape index (κ1) is 14.0. The minimum Gasteiger partial charge on any atom is -0.355 e. The molecular weight excluding hydrogens is 228 g/mol. The van der Waals surface area contributed by atoms with E-state index in [4.69, 9.17) is 5.26 Å². The first-order valence-corrected chi connectivity index (χ1v) is 5.93. The molecule has 0 aliphatic carbocycles. The number of nitrogens with one attached hydrogen (secondary N) is 1. The maximum Gasteiger partial charge on any atom is 0.239 e. The lowest BCUT2D eigenvalue weighted by atomic mass is 10.1. The van der Waals surface area contributed by atoms with E-state index in [0.717, 1.165) is 12.0 Å². The van der Waals surface area contributed by atoms with E-state index in [2.05, 4.69) is 16.4 Å². The number of carbonyl (C=O) groups excluding carboxylic acids is 1. The molecule has 1 aromatic heterocycles. The molecule has 0 aliphatic rings. The monoisotopic (exact) mass is 246 g/mol. The van der Waals surface area contributed by atoms with Gasteiger partial charge in [0, 0.05) is 19.8 Å². The van der Waals surface area contributed by atoms with Crippen LogP contribution in [0.1, 0.15) is 24.5 Å². The molecular formula is C13H18N4O. The number of amides is 1. The largest absolute Gasteiger partial charge is 0.355 e. The molecule has 5 nitrogen and oxygen atoms in total. The third kappa shape index (κ3) is 3.45. The highest BCUT2D eigenvalue weighted by atomic mass is 16.2. The zero-order valence-corrected chi connectivity index (χ0v) is 11.0. The van der Waals surface area contributed by atoms with Crippen LogP contribution in [0.15, 0.2) is 12.3 Å². The Balaban J connectivity index is 2.79. The number of aryl methyl sites for hydroxylation is 1. The highest BCUT2D eigenvalue weighted by Gasteiger charge is 2.13. The number of carbonyl (C=O) groups is 1. The smallest absolute Gasteiger partial charge is 0.239 e. The lowest BCUT2D eigenvalue weighted by Gasteiger charge is -2.19. The van der Waals surface area contributed by atoms with Gasteiger partial charge in [0.2, 0.25) is 5.91 Å². The fourth-order valence-corrected chi connectivity index (χ4v) is 1.58. The van der Waals surface area contributed by atoms with Crippen molar-refractivity contribution in [2.75, 3.05) is 25.0 Å². The molecule has 0 atom stereocenters. The molecule has 0 radical (unpaired) electrons. The number of likely N-dealkylation sites (N-methyl/N-ethyl adjacent to an activating group) is 1.